The van der Waals surface area contributed by atoms with Crippen LogP contribution in [0.4, 0.5) is 0 Å². The standard InChI is InChI=1S/C10H16O/c1-7-3-4-10(2)6-8(7)5-9(10)11/h7-8H,3-6H2,1-2H3. The molecule has 0 radical (unpaired) electrons. The average Bonchev–Trinajstić information content (AvgIpc) is 2.20. The maximum atomic E-state index is 11.5. The molecule has 0 N–H and O–H groups in total. The first-order valence-electron chi connectivity index (χ1n) is 4.65. The molecule has 3 atom stereocenters. The third-order valence-corrected chi connectivity index (χ3v) is 3.79. The van der Waals surface area contributed by atoms with Crippen molar-refractivity contribution in [2.45, 2.75) is 39.5 Å². The topological polar surface area (TPSA) is 17.1 Å². The van der Waals surface area contributed by atoms with Crippen LogP contribution in [0.15, 0.2) is 0 Å². The fourth-order valence-electron chi connectivity index (χ4n) is 2.68. The lowest BCUT2D eigenvalue weighted by Gasteiger charge is -2.31. The first-order valence-corrected chi connectivity index (χ1v) is 4.65. The Balaban J connectivity index is 2.24. The molecule has 2 bridgehead atoms. The van der Waals surface area contributed by atoms with Crippen LogP contribution in [0.2, 0.25) is 0 Å². The van der Waals surface area contributed by atoms with Gasteiger partial charge in [-0.05, 0) is 31.1 Å². The van der Waals surface area contributed by atoms with E-state index in [1.165, 1.54) is 12.8 Å². The molecule has 0 aromatic rings. The zero-order chi connectivity index (χ0) is 8.06. The van der Waals surface area contributed by atoms with E-state index in [0.29, 0.717) is 5.78 Å². The molecule has 3 unspecified atom stereocenters. The van der Waals surface area contributed by atoms with Gasteiger partial charge in [-0.2, -0.15) is 0 Å². The molecule has 1 heteroatoms. The molecule has 1 nitrogen and oxygen atoms in total. The second-order valence-corrected chi connectivity index (χ2v) is 4.67. The van der Waals surface area contributed by atoms with E-state index in [1.807, 2.05) is 0 Å². The van der Waals surface area contributed by atoms with Crippen molar-refractivity contribution in [1.82, 2.24) is 0 Å². The summed E-state index contributed by atoms with van der Waals surface area (Å²) in [5.74, 6) is 2.06. The van der Waals surface area contributed by atoms with Crippen LogP contribution in [0.3, 0.4) is 0 Å². The average molecular weight is 152 g/mol. The van der Waals surface area contributed by atoms with Gasteiger partial charge in [0.2, 0.25) is 0 Å². The first-order chi connectivity index (χ1) is 5.12. The molecule has 0 heterocycles. The first kappa shape index (κ1) is 7.33. The van der Waals surface area contributed by atoms with Crippen molar-refractivity contribution >= 4 is 5.78 Å². The van der Waals surface area contributed by atoms with Crippen molar-refractivity contribution in [2.24, 2.45) is 17.3 Å². The molecule has 2 saturated carbocycles. The van der Waals surface area contributed by atoms with Gasteiger partial charge in [0.05, 0.1) is 0 Å². The van der Waals surface area contributed by atoms with Crippen molar-refractivity contribution in [3.8, 4) is 0 Å². The van der Waals surface area contributed by atoms with Crippen LogP contribution in [-0.2, 0) is 4.79 Å². The highest BCUT2D eigenvalue weighted by Gasteiger charge is 2.47. The van der Waals surface area contributed by atoms with Gasteiger partial charge < -0.3 is 0 Å². The van der Waals surface area contributed by atoms with Gasteiger partial charge in [-0.3, -0.25) is 4.79 Å². The van der Waals surface area contributed by atoms with E-state index in [1.54, 1.807) is 0 Å². The van der Waals surface area contributed by atoms with Gasteiger partial charge in [-0.1, -0.05) is 13.8 Å². The zero-order valence-electron chi connectivity index (χ0n) is 7.39. The summed E-state index contributed by atoms with van der Waals surface area (Å²) in [4.78, 5) is 11.5. The third-order valence-electron chi connectivity index (χ3n) is 3.79. The van der Waals surface area contributed by atoms with Gasteiger partial charge in [-0.25, -0.2) is 0 Å². The Bertz CT molecular complexity index is 197. The van der Waals surface area contributed by atoms with Crippen molar-refractivity contribution in [3.63, 3.8) is 0 Å². The van der Waals surface area contributed by atoms with Gasteiger partial charge in [0.1, 0.15) is 5.78 Å². The lowest BCUT2D eigenvalue weighted by Crippen LogP contribution is -2.25. The highest BCUT2D eigenvalue weighted by molar-refractivity contribution is 5.87. The summed E-state index contributed by atoms with van der Waals surface area (Å²) in [6.45, 7) is 4.45. The van der Waals surface area contributed by atoms with Crippen LogP contribution >= 0.6 is 0 Å². The minimum atomic E-state index is 0.0944. The van der Waals surface area contributed by atoms with Gasteiger partial charge >= 0.3 is 0 Å². The molecule has 2 fully saturated rings. The lowest BCUT2D eigenvalue weighted by molar-refractivity contribution is -0.125. The predicted octanol–water partition coefficient (Wildman–Crippen LogP) is 2.40. The second kappa shape index (κ2) is 2.09. The number of hydrogen-bond donors (Lipinski definition) is 0. The van der Waals surface area contributed by atoms with E-state index in [0.717, 1.165) is 24.7 Å². The van der Waals surface area contributed by atoms with Crippen molar-refractivity contribution < 1.29 is 4.79 Å². The van der Waals surface area contributed by atoms with Gasteiger partial charge in [-0.15, -0.1) is 0 Å². The molecule has 62 valence electrons. The smallest absolute Gasteiger partial charge is 0.139 e. The normalized spacial score (nSPS) is 49.8. The van der Waals surface area contributed by atoms with Crippen LogP contribution in [0.1, 0.15) is 39.5 Å². The minimum Gasteiger partial charge on any atom is -0.299 e. The number of Topliss-reactive ketones (excluding diaryl/α,β-unsaturated/α-hetero) is 1. The molecule has 0 amide bonds. The van der Waals surface area contributed by atoms with E-state index < -0.39 is 0 Å². The Morgan fingerprint density at radius 2 is 2.27 bits per heavy atom. The van der Waals surface area contributed by atoms with E-state index in [9.17, 15) is 4.79 Å². The monoisotopic (exact) mass is 152 g/mol. The number of fused-ring (bicyclic) bond motifs is 2. The van der Waals surface area contributed by atoms with Crippen molar-refractivity contribution in [1.29, 1.82) is 0 Å². The highest BCUT2D eigenvalue weighted by Crippen LogP contribution is 2.50. The Morgan fingerprint density at radius 3 is 2.91 bits per heavy atom. The summed E-state index contributed by atoms with van der Waals surface area (Å²) in [5.41, 5.74) is 0.0944. The third kappa shape index (κ3) is 0.935. The molecule has 2 aliphatic rings. The maximum absolute atomic E-state index is 11.5. The van der Waals surface area contributed by atoms with Crippen LogP contribution < -0.4 is 0 Å². The molecule has 11 heavy (non-hydrogen) atoms. The maximum Gasteiger partial charge on any atom is 0.139 e. The molecule has 2 rings (SSSR count). The molecule has 0 aromatic heterocycles. The van der Waals surface area contributed by atoms with E-state index in [2.05, 4.69) is 13.8 Å². The lowest BCUT2D eigenvalue weighted by atomic mass is 9.73. The summed E-state index contributed by atoms with van der Waals surface area (Å²) < 4.78 is 0. The highest BCUT2D eigenvalue weighted by atomic mass is 16.1. The number of hydrogen-bond acceptors (Lipinski definition) is 1. The van der Waals surface area contributed by atoms with E-state index >= 15 is 0 Å². The summed E-state index contributed by atoms with van der Waals surface area (Å²) in [7, 11) is 0. The minimum absolute atomic E-state index is 0.0944. The predicted molar refractivity (Wildman–Crippen MR) is 44.2 cm³/mol. The molecular weight excluding hydrogens is 136 g/mol. The van der Waals surface area contributed by atoms with Gasteiger partial charge in [0.25, 0.3) is 0 Å². The van der Waals surface area contributed by atoms with Crippen molar-refractivity contribution in [3.05, 3.63) is 0 Å². The van der Waals surface area contributed by atoms with E-state index in [-0.39, 0.29) is 5.41 Å². The quantitative estimate of drug-likeness (QED) is 0.521. The molecule has 0 aromatic carbocycles. The Hall–Kier alpha value is -0.330. The van der Waals surface area contributed by atoms with Crippen LogP contribution in [0.5, 0.6) is 0 Å². The summed E-state index contributed by atoms with van der Waals surface area (Å²) in [6.07, 6.45) is 4.46. The van der Waals surface area contributed by atoms with Gasteiger partial charge in [0, 0.05) is 11.8 Å². The molecule has 0 spiro atoms. The summed E-state index contributed by atoms with van der Waals surface area (Å²) in [6, 6.07) is 0. The Labute approximate surface area is 68.2 Å². The van der Waals surface area contributed by atoms with Crippen LogP contribution in [-0.4, -0.2) is 5.78 Å². The second-order valence-electron chi connectivity index (χ2n) is 4.67. The molecule has 2 aliphatic carbocycles. The number of carbonyl (C=O) groups is 1. The fourth-order valence-corrected chi connectivity index (χ4v) is 2.68. The van der Waals surface area contributed by atoms with Crippen molar-refractivity contribution in [2.75, 3.05) is 0 Å². The Kier molecular flexibility index (Phi) is 1.39. The summed E-state index contributed by atoms with van der Waals surface area (Å²) in [5, 5.41) is 0. The molecular formula is C10H16O. The largest absolute Gasteiger partial charge is 0.299 e. The summed E-state index contributed by atoms with van der Waals surface area (Å²) >= 11 is 0. The van der Waals surface area contributed by atoms with Crippen LogP contribution in [0, 0.1) is 17.3 Å². The number of carbonyl (C=O) groups excluding carboxylic acids is 1. The molecule has 0 saturated heterocycles. The zero-order valence-corrected chi connectivity index (χ0v) is 7.39. The van der Waals surface area contributed by atoms with Crippen LogP contribution in [0.25, 0.3) is 0 Å². The molecule has 0 aliphatic heterocycles. The number of ketones is 1. The fraction of sp³-hybridized carbons (Fsp3) is 0.900. The van der Waals surface area contributed by atoms with E-state index in [4.69, 9.17) is 0 Å². The SMILES string of the molecule is CC1CCC2(C)CC1CC2=O. The Morgan fingerprint density at radius 1 is 1.55 bits per heavy atom. The number of rotatable bonds is 0. The van der Waals surface area contributed by atoms with Gasteiger partial charge in [0.15, 0.2) is 0 Å².